The minimum absolute atomic E-state index is 0.161. The number of piperidine rings is 1. The van der Waals surface area contributed by atoms with Crippen molar-refractivity contribution in [2.45, 2.75) is 19.4 Å². The minimum Gasteiger partial charge on any atom is -0.472 e. The second-order valence-corrected chi connectivity index (χ2v) is 7.62. The Morgan fingerprint density at radius 2 is 1.93 bits per heavy atom. The summed E-state index contributed by atoms with van der Waals surface area (Å²) < 4.78 is 5.14. The van der Waals surface area contributed by atoms with Gasteiger partial charge < -0.3 is 15.1 Å². The Morgan fingerprint density at radius 3 is 2.54 bits per heavy atom. The largest absolute Gasteiger partial charge is 0.472 e. The highest BCUT2D eigenvalue weighted by Crippen LogP contribution is 2.22. The van der Waals surface area contributed by atoms with Crippen molar-refractivity contribution in [1.82, 2.24) is 14.7 Å². The van der Waals surface area contributed by atoms with E-state index in [4.69, 9.17) is 10.2 Å². The third-order valence-corrected chi connectivity index (χ3v) is 5.66. The number of carbonyl (C=O) groups excluding carboxylic acids is 1. The quantitative estimate of drug-likeness (QED) is 0.730. The van der Waals surface area contributed by atoms with Crippen LogP contribution in [0.2, 0.25) is 0 Å². The Bertz CT molecular complexity index is 679. The number of piperazine rings is 1. The first-order valence-corrected chi connectivity index (χ1v) is 10.1. The molecule has 0 aliphatic carbocycles. The number of nitrogens with two attached hydrogens (primary N) is 1. The number of amides is 1. The molecule has 0 bridgehead atoms. The Morgan fingerprint density at radius 1 is 1.18 bits per heavy atom. The standard InChI is InChI=1S/C22H32N4O2/c1-2-3-19(4-8-23)16-24-9-5-21(6-10-24)22(27)26-13-11-25(12-14-26)17-20-7-15-28-18-20/h2-4,7-8,15,18,21H,1,5-6,9-14,16-17,23H2/b8-4-,19-3+. The van der Waals surface area contributed by atoms with Crippen LogP contribution >= 0.6 is 0 Å². The molecule has 2 fully saturated rings. The maximum atomic E-state index is 12.9. The minimum atomic E-state index is 0.161. The molecular formula is C22H32N4O2. The van der Waals surface area contributed by atoms with Gasteiger partial charge in [0.15, 0.2) is 0 Å². The number of carbonyl (C=O) groups is 1. The van der Waals surface area contributed by atoms with Gasteiger partial charge in [-0.05, 0) is 49.8 Å². The highest BCUT2D eigenvalue weighted by Gasteiger charge is 2.30. The summed E-state index contributed by atoms with van der Waals surface area (Å²) in [5.41, 5.74) is 7.87. The van der Waals surface area contributed by atoms with Crippen LogP contribution in [-0.4, -0.2) is 66.4 Å². The fourth-order valence-electron chi connectivity index (χ4n) is 4.06. The van der Waals surface area contributed by atoms with E-state index < -0.39 is 0 Å². The molecule has 28 heavy (non-hydrogen) atoms. The number of hydrogen-bond donors (Lipinski definition) is 1. The lowest BCUT2D eigenvalue weighted by atomic mass is 9.94. The van der Waals surface area contributed by atoms with Crippen molar-refractivity contribution in [3.05, 3.63) is 60.7 Å². The van der Waals surface area contributed by atoms with Gasteiger partial charge in [0.25, 0.3) is 0 Å². The highest BCUT2D eigenvalue weighted by molar-refractivity contribution is 5.79. The smallest absolute Gasteiger partial charge is 0.225 e. The maximum Gasteiger partial charge on any atom is 0.225 e. The number of allylic oxidation sites excluding steroid dienone is 2. The SMILES string of the molecule is C=C/C=C(\C=C/N)CN1CCC(C(=O)N2CCN(Cc3ccoc3)CC2)CC1. The van der Waals surface area contributed by atoms with Gasteiger partial charge in [-0.15, -0.1) is 0 Å². The molecule has 0 aromatic carbocycles. The molecule has 0 radical (unpaired) electrons. The van der Waals surface area contributed by atoms with E-state index in [1.54, 1.807) is 24.8 Å². The second-order valence-electron chi connectivity index (χ2n) is 7.62. The molecule has 1 aromatic rings. The van der Waals surface area contributed by atoms with Crippen LogP contribution in [0.1, 0.15) is 18.4 Å². The number of hydrogen-bond acceptors (Lipinski definition) is 5. The van der Waals surface area contributed by atoms with E-state index in [0.29, 0.717) is 5.91 Å². The molecule has 2 saturated heterocycles. The zero-order chi connectivity index (χ0) is 19.8. The van der Waals surface area contributed by atoms with E-state index in [9.17, 15) is 4.79 Å². The van der Waals surface area contributed by atoms with Gasteiger partial charge in [-0.25, -0.2) is 0 Å². The predicted molar refractivity (Wildman–Crippen MR) is 111 cm³/mol. The molecular weight excluding hydrogens is 352 g/mol. The van der Waals surface area contributed by atoms with Crippen LogP contribution in [-0.2, 0) is 11.3 Å². The summed E-state index contributed by atoms with van der Waals surface area (Å²) in [5.74, 6) is 0.500. The molecule has 6 nitrogen and oxygen atoms in total. The van der Waals surface area contributed by atoms with Crippen molar-refractivity contribution in [2.24, 2.45) is 11.7 Å². The van der Waals surface area contributed by atoms with Gasteiger partial charge in [0.1, 0.15) is 0 Å². The summed E-state index contributed by atoms with van der Waals surface area (Å²) in [5, 5.41) is 0. The fourth-order valence-corrected chi connectivity index (χ4v) is 4.06. The Labute approximate surface area is 167 Å². The van der Waals surface area contributed by atoms with Crippen molar-refractivity contribution < 1.29 is 9.21 Å². The molecule has 152 valence electrons. The second kappa shape index (κ2) is 10.3. The number of likely N-dealkylation sites (tertiary alicyclic amines) is 1. The van der Waals surface area contributed by atoms with Gasteiger partial charge in [-0.2, -0.15) is 0 Å². The Hall–Kier alpha value is -2.31. The predicted octanol–water partition coefficient (Wildman–Crippen LogP) is 2.22. The lowest BCUT2D eigenvalue weighted by Gasteiger charge is -2.38. The van der Waals surface area contributed by atoms with Gasteiger partial charge in [-0.1, -0.05) is 18.7 Å². The van der Waals surface area contributed by atoms with E-state index >= 15 is 0 Å². The molecule has 3 rings (SSSR count). The van der Waals surface area contributed by atoms with Crippen LogP contribution in [0, 0.1) is 5.92 Å². The van der Waals surface area contributed by atoms with Gasteiger partial charge in [0, 0.05) is 50.7 Å². The monoisotopic (exact) mass is 384 g/mol. The Balaban J connectivity index is 1.41. The molecule has 0 saturated carbocycles. The van der Waals surface area contributed by atoms with Crippen LogP contribution < -0.4 is 5.73 Å². The zero-order valence-corrected chi connectivity index (χ0v) is 16.6. The van der Waals surface area contributed by atoms with Crippen molar-refractivity contribution in [3.63, 3.8) is 0 Å². The van der Waals surface area contributed by atoms with Crippen LogP contribution in [0.15, 0.2) is 59.6 Å². The summed E-state index contributed by atoms with van der Waals surface area (Å²) in [7, 11) is 0. The highest BCUT2D eigenvalue weighted by atomic mass is 16.3. The normalized spacial score (nSPS) is 20.7. The lowest BCUT2D eigenvalue weighted by Crippen LogP contribution is -2.51. The molecule has 0 spiro atoms. The van der Waals surface area contributed by atoms with E-state index in [-0.39, 0.29) is 5.92 Å². The summed E-state index contributed by atoms with van der Waals surface area (Å²) in [4.78, 5) is 19.8. The number of rotatable bonds is 7. The third kappa shape index (κ3) is 5.59. The van der Waals surface area contributed by atoms with E-state index in [1.807, 2.05) is 18.2 Å². The molecule has 0 unspecified atom stereocenters. The molecule has 2 aliphatic heterocycles. The number of nitrogens with zero attached hydrogens (tertiary/aromatic N) is 3. The van der Waals surface area contributed by atoms with Gasteiger partial charge in [-0.3, -0.25) is 14.6 Å². The molecule has 0 atom stereocenters. The molecule has 2 N–H and O–H groups in total. The van der Waals surface area contributed by atoms with Gasteiger partial charge in [0.2, 0.25) is 5.91 Å². The fraction of sp³-hybridized carbons (Fsp3) is 0.500. The van der Waals surface area contributed by atoms with Crippen LogP contribution in [0.5, 0.6) is 0 Å². The average Bonchev–Trinajstić information content (AvgIpc) is 3.22. The summed E-state index contributed by atoms with van der Waals surface area (Å²) in [6, 6.07) is 2.00. The molecule has 1 aromatic heterocycles. The van der Waals surface area contributed by atoms with Crippen molar-refractivity contribution in [2.75, 3.05) is 45.8 Å². The van der Waals surface area contributed by atoms with Gasteiger partial charge >= 0.3 is 0 Å². The zero-order valence-electron chi connectivity index (χ0n) is 16.6. The van der Waals surface area contributed by atoms with Gasteiger partial charge in [0.05, 0.1) is 12.5 Å². The maximum absolute atomic E-state index is 12.9. The van der Waals surface area contributed by atoms with E-state index in [1.165, 1.54) is 5.56 Å². The number of furan rings is 1. The molecule has 6 heteroatoms. The van der Waals surface area contributed by atoms with Crippen LogP contribution in [0.3, 0.4) is 0 Å². The lowest BCUT2D eigenvalue weighted by molar-refractivity contribution is -0.138. The van der Waals surface area contributed by atoms with Crippen LogP contribution in [0.4, 0.5) is 0 Å². The van der Waals surface area contributed by atoms with Crippen molar-refractivity contribution in [3.8, 4) is 0 Å². The first-order chi connectivity index (χ1) is 13.7. The van der Waals surface area contributed by atoms with E-state index in [2.05, 4.69) is 21.3 Å². The van der Waals surface area contributed by atoms with E-state index in [0.717, 1.165) is 70.8 Å². The first-order valence-electron chi connectivity index (χ1n) is 10.1. The summed E-state index contributed by atoms with van der Waals surface area (Å²) in [6.07, 6.45) is 12.6. The topological polar surface area (TPSA) is 66.0 Å². The van der Waals surface area contributed by atoms with Crippen LogP contribution in [0.25, 0.3) is 0 Å². The third-order valence-electron chi connectivity index (χ3n) is 5.66. The summed E-state index contributed by atoms with van der Waals surface area (Å²) >= 11 is 0. The molecule has 3 heterocycles. The molecule has 1 amide bonds. The van der Waals surface area contributed by atoms with Crippen molar-refractivity contribution >= 4 is 5.91 Å². The summed E-state index contributed by atoms with van der Waals surface area (Å²) in [6.45, 7) is 10.9. The average molecular weight is 385 g/mol. The Kier molecular flexibility index (Phi) is 7.51. The first kappa shape index (κ1) is 20.4. The van der Waals surface area contributed by atoms with Crippen molar-refractivity contribution in [1.29, 1.82) is 0 Å². The molecule has 2 aliphatic rings.